The van der Waals surface area contributed by atoms with Gasteiger partial charge in [-0.25, -0.2) is 0 Å². The van der Waals surface area contributed by atoms with Gasteiger partial charge in [0.2, 0.25) is 0 Å². The minimum absolute atomic E-state index is 0.114. The van der Waals surface area contributed by atoms with E-state index in [0.29, 0.717) is 0 Å². The lowest BCUT2D eigenvalue weighted by Gasteiger charge is -2.32. The molecule has 1 aromatic heterocycles. The Labute approximate surface area is 171 Å². The molecule has 0 bridgehead atoms. The van der Waals surface area contributed by atoms with Crippen molar-refractivity contribution in [2.75, 3.05) is 13.1 Å². The normalized spacial score (nSPS) is 16.8. The third-order valence-corrected chi connectivity index (χ3v) is 5.53. The van der Waals surface area contributed by atoms with E-state index < -0.39 is 0 Å². The Kier molecular flexibility index (Phi) is 5.73. The van der Waals surface area contributed by atoms with Crippen LogP contribution in [-0.4, -0.2) is 28.9 Å². The number of halogens is 1. The number of pyridine rings is 1. The van der Waals surface area contributed by atoms with E-state index in [2.05, 4.69) is 18.2 Å². The molecule has 1 amide bonds. The van der Waals surface area contributed by atoms with Crippen molar-refractivity contribution in [3.63, 3.8) is 0 Å². The molecule has 4 rings (SSSR count). The second-order valence-corrected chi connectivity index (χ2v) is 7.75. The molecule has 0 saturated carbocycles. The van der Waals surface area contributed by atoms with Crippen LogP contribution in [0.3, 0.4) is 0 Å². The maximum Gasteiger partial charge on any atom is 0.253 e. The van der Waals surface area contributed by atoms with Gasteiger partial charge in [0.15, 0.2) is 0 Å². The first-order chi connectivity index (χ1) is 13.7. The predicted octanol–water partition coefficient (Wildman–Crippen LogP) is 5.35. The Balaban J connectivity index is 1.47. The van der Waals surface area contributed by atoms with Gasteiger partial charge in [0.25, 0.3) is 5.91 Å². The van der Waals surface area contributed by atoms with Crippen LogP contribution in [-0.2, 0) is 6.42 Å². The van der Waals surface area contributed by atoms with Crippen LogP contribution in [0.15, 0.2) is 72.8 Å². The second kappa shape index (κ2) is 8.57. The summed E-state index contributed by atoms with van der Waals surface area (Å²) in [5.74, 6) is 0.397. The number of carbonyl (C=O) groups excluding carboxylic acids is 1. The molecule has 0 aliphatic carbocycles. The number of rotatable bonds is 4. The van der Waals surface area contributed by atoms with Gasteiger partial charge < -0.3 is 4.90 Å². The van der Waals surface area contributed by atoms with Gasteiger partial charge in [-0.05, 0) is 54.8 Å². The van der Waals surface area contributed by atoms with Crippen LogP contribution in [0.4, 0.5) is 0 Å². The molecular weight excluding hydrogens is 368 g/mol. The van der Waals surface area contributed by atoms with Crippen LogP contribution in [0.25, 0.3) is 0 Å². The highest BCUT2D eigenvalue weighted by molar-refractivity contribution is 6.30. The van der Waals surface area contributed by atoms with Crippen molar-refractivity contribution in [1.82, 2.24) is 9.88 Å². The third kappa shape index (κ3) is 4.42. The van der Waals surface area contributed by atoms with Gasteiger partial charge in [-0.1, -0.05) is 48.0 Å². The summed E-state index contributed by atoms with van der Waals surface area (Å²) in [5.41, 5.74) is 4.08. The van der Waals surface area contributed by atoms with Gasteiger partial charge in [-0.3, -0.25) is 9.78 Å². The monoisotopic (exact) mass is 390 g/mol. The lowest BCUT2D eigenvalue weighted by atomic mass is 9.93. The standard InChI is InChI=1S/C24H23ClN2O/c25-21-13-11-18(12-14-21)16-22-9-4-10-23(26-22)20-8-5-15-27(17-20)24(28)19-6-2-1-3-7-19/h1-4,6-7,9-14,20H,5,8,15-17H2. The zero-order valence-corrected chi connectivity index (χ0v) is 16.5. The first-order valence-electron chi connectivity index (χ1n) is 9.73. The first-order valence-corrected chi connectivity index (χ1v) is 10.1. The van der Waals surface area contributed by atoms with Crippen molar-refractivity contribution >= 4 is 17.5 Å². The van der Waals surface area contributed by atoms with Crippen molar-refractivity contribution in [2.24, 2.45) is 0 Å². The van der Waals surface area contributed by atoms with Crippen LogP contribution in [0, 0.1) is 0 Å². The number of aromatic nitrogens is 1. The predicted molar refractivity (Wildman–Crippen MR) is 113 cm³/mol. The molecule has 0 N–H and O–H groups in total. The topological polar surface area (TPSA) is 33.2 Å². The lowest BCUT2D eigenvalue weighted by Crippen LogP contribution is -2.39. The van der Waals surface area contributed by atoms with E-state index in [1.165, 1.54) is 5.56 Å². The maximum atomic E-state index is 12.8. The van der Waals surface area contributed by atoms with Crippen molar-refractivity contribution in [3.05, 3.63) is 100 Å². The summed E-state index contributed by atoms with van der Waals surface area (Å²) < 4.78 is 0. The molecule has 1 aliphatic rings. The fourth-order valence-electron chi connectivity index (χ4n) is 3.80. The molecular formula is C24H23ClN2O. The molecule has 1 fully saturated rings. The number of likely N-dealkylation sites (tertiary alicyclic amines) is 1. The molecule has 3 aromatic rings. The zero-order valence-electron chi connectivity index (χ0n) is 15.7. The molecule has 1 saturated heterocycles. The van der Waals surface area contributed by atoms with Gasteiger partial charge in [-0.15, -0.1) is 0 Å². The fourth-order valence-corrected chi connectivity index (χ4v) is 3.93. The quantitative estimate of drug-likeness (QED) is 0.602. The summed E-state index contributed by atoms with van der Waals surface area (Å²) in [6, 6.07) is 23.7. The van der Waals surface area contributed by atoms with Gasteiger partial charge in [0, 0.05) is 47.4 Å². The highest BCUT2D eigenvalue weighted by Crippen LogP contribution is 2.27. The molecule has 2 heterocycles. The third-order valence-electron chi connectivity index (χ3n) is 5.27. The van der Waals surface area contributed by atoms with Gasteiger partial charge in [-0.2, -0.15) is 0 Å². The van der Waals surface area contributed by atoms with Crippen LogP contribution in [0.1, 0.15) is 46.1 Å². The number of nitrogens with zero attached hydrogens (tertiary/aromatic N) is 2. The largest absolute Gasteiger partial charge is 0.338 e. The summed E-state index contributed by atoms with van der Waals surface area (Å²) >= 11 is 5.98. The summed E-state index contributed by atoms with van der Waals surface area (Å²) in [6.07, 6.45) is 2.85. The van der Waals surface area contributed by atoms with Crippen molar-refractivity contribution in [1.29, 1.82) is 0 Å². The first kappa shape index (κ1) is 18.7. The molecule has 3 nitrogen and oxygen atoms in total. The molecule has 1 aliphatic heterocycles. The second-order valence-electron chi connectivity index (χ2n) is 7.31. The number of benzene rings is 2. The number of carbonyl (C=O) groups is 1. The molecule has 2 aromatic carbocycles. The van der Waals surface area contributed by atoms with Gasteiger partial charge >= 0.3 is 0 Å². The van der Waals surface area contributed by atoms with E-state index in [0.717, 1.165) is 54.3 Å². The van der Waals surface area contributed by atoms with Crippen LogP contribution in [0.2, 0.25) is 5.02 Å². The van der Waals surface area contributed by atoms with Crippen LogP contribution in [0.5, 0.6) is 0 Å². The van der Waals surface area contributed by atoms with Crippen molar-refractivity contribution in [3.8, 4) is 0 Å². The molecule has 1 atom stereocenters. The zero-order chi connectivity index (χ0) is 19.3. The Bertz CT molecular complexity index is 940. The summed E-state index contributed by atoms with van der Waals surface area (Å²) in [5, 5.41) is 0.746. The number of hydrogen-bond donors (Lipinski definition) is 0. The molecule has 28 heavy (non-hydrogen) atoms. The van der Waals surface area contributed by atoms with Gasteiger partial charge in [0.05, 0.1) is 0 Å². The summed E-state index contributed by atoms with van der Waals surface area (Å²) in [6.45, 7) is 1.54. The minimum Gasteiger partial charge on any atom is -0.338 e. The van der Waals surface area contributed by atoms with Crippen LogP contribution < -0.4 is 0 Å². The number of hydrogen-bond acceptors (Lipinski definition) is 2. The SMILES string of the molecule is O=C(c1ccccc1)N1CCCC(c2cccc(Cc3ccc(Cl)cc3)n2)C1. The van der Waals surface area contributed by atoms with Gasteiger partial charge in [0.1, 0.15) is 0 Å². The van der Waals surface area contributed by atoms with E-state index in [1.807, 2.05) is 59.5 Å². The average molecular weight is 391 g/mol. The van der Waals surface area contributed by atoms with E-state index >= 15 is 0 Å². The van der Waals surface area contributed by atoms with E-state index in [4.69, 9.17) is 16.6 Å². The average Bonchev–Trinajstić information content (AvgIpc) is 2.76. The fraction of sp³-hybridized carbons (Fsp3) is 0.250. The van der Waals surface area contributed by atoms with Crippen molar-refractivity contribution < 1.29 is 4.79 Å². The highest BCUT2D eigenvalue weighted by Gasteiger charge is 2.26. The van der Waals surface area contributed by atoms with E-state index in [-0.39, 0.29) is 11.8 Å². The van der Waals surface area contributed by atoms with Crippen molar-refractivity contribution in [2.45, 2.75) is 25.2 Å². The maximum absolute atomic E-state index is 12.8. The Morgan fingerprint density at radius 1 is 1.00 bits per heavy atom. The van der Waals surface area contributed by atoms with E-state index in [1.54, 1.807) is 0 Å². The minimum atomic E-state index is 0.114. The summed E-state index contributed by atoms with van der Waals surface area (Å²) in [7, 11) is 0. The highest BCUT2D eigenvalue weighted by atomic mass is 35.5. The number of piperidine rings is 1. The smallest absolute Gasteiger partial charge is 0.253 e. The molecule has 142 valence electrons. The lowest BCUT2D eigenvalue weighted by molar-refractivity contribution is 0.0706. The molecule has 4 heteroatoms. The van der Waals surface area contributed by atoms with E-state index in [9.17, 15) is 4.79 Å². The molecule has 0 radical (unpaired) electrons. The van der Waals surface area contributed by atoms with Crippen LogP contribution >= 0.6 is 11.6 Å². The Hall–Kier alpha value is -2.65. The molecule has 0 spiro atoms. The number of amides is 1. The molecule has 1 unspecified atom stereocenters. The Morgan fingerprint density at radius 3 is 2.57 bits per heavy atom. The Morgan fingerprint density at radius 2 is 1.79 bits per heavy atom. The summed E-state index contributed by atoms with van der Waals surface area (Å²) in [4.78, 5) is 19.7.